The molecular formula is C21H23N9. The van der Waals surface area contributed by atoms with Crippen LogP contribution < -0.4 is 10.2 Å². The summed E-state index contributed by atoms with van der Waals surface area (Å²) in [5, 5.41) is 27.9. The van der Waals surface area contributed by atoms with Crippen molar-refractivity contribution in [1.29, 1.82) is 0 Å². The number of rotatable bonds is 4. The van der Waals surface area contributed by atoms with E-state index in [4.69, 9.17) is 0 Å². The molecule has 30 heavy (non-hydrogen) atoms. The van der Waals surface area contributed by atoms with Crippen molar-refractivity contribution in [3.63, 3.8) is 0 Å². The molecule has 0 amide bonds. The maximum absolute atomic E-state index is 4.66. The number of piperidine rings is 1. The average molecular weight is 401 g/mol. The summed E-state index contributed by atoms with van der Waals surface area (Å²) in [5.41, 5.74) is 4.27. The Bertz CT molecular complexity index is 1150. The van der Waals surface area contributed by atoms with Gasteiger partial charge < -0.3 is 10.2 Å². The molecule has 9 nitrogen and oxygen atoms in total. The topological polar surface area (TPSA) is 111 Å². The van der Waals surface area contributed by atoms with Gasteiger partial charge in [0, 0.05) is 54.1 Å². The zero-order valence-corrected chi connectivity index (χ0v) is 16.7. The monoisotopic (exact) mass is 401 g/mol. The van der Waals surface area contributed by atoms with E-state index in [-0.39, 0.29) is 0 Å². The lowest BCUT2D eigenvalue weighted by Gasteiger charge is -2.36. The minimum absolute atomic E-state index is 0.510. The molecule has 4 aromatic rings. The van der Waals surface area contributed by atoms with Crippen molar-refractivity contribution in [2.24, 2.45) is 0 Å². The lowest BCUT2D eigenvalue weighted by Crippen LogP contribution is -2.47. The summed E-state index contributed by atoms with van der Waals surface area (Å²) < 4.78 is 0. The summed E-state index contributed by atoms with van der Waals surface area (Å²) in [6, 6.07) is 5.84. The number of pyridine rings is 1. The molecule has 3 N–H and O–H groups in total. The Balaban J connectivity index is 1.30. The van der Waals surface area contributed by atoms with E-state index in [1.807, 2.05) is 30.7 Å². The first kappa shape index (κ1) is 17.5. The maximum atomic E-state index is 4.66. The number of anilines is 1. The van der Waals surface area contributed by atoms with Crippen LogP contribution in [-0.4, -0.2) is 60.7 Å². The molecule has 0 aromatic carbocycles. The molecule has 2 saturated heterocycles. The predicted octanol–water partition coefficient (Wildman–Crippen LogP) is 2.52. The van der Waals surface area contributed by atoms with Crippen molar-refractivity contribution in [2.45, 2.75) is 43.8 Å². The number of hydrogen-bond donors (Lipinski definition) is 3. The molecule has 0 spiro atoms. The van der Waals surface area contributed by atoms with Crippen molar-refractivity contribution in [1.82, 2.24) is 40.9 Å². The quantitative estimate of drug-likeness (QED) is 0.482. The van der Waals surface area contributed by atoms with Crippen LogP contribution in [0.2, 0.25) is 0 Å². The fourth-order valence-corrected chi connectivity index (χ4v) is 4.93. The zero-order chi connectivity index (χ0) is 20.1. The molecule has 0 radical (unpaired) electrons. The first-order chi connectivity index (χ1) is 14.8. The number of fused-ring (bicyclic) bond motifs is 3. The van der Waals surface area contributed by atoms with Crippen molar-refractivity contribution >= 4 is 16.7 Å². The molecule has 6 rings (SSSR count). The molecule has 6 heterocycles. The van der Waals surface area contributed by atoms with Crippen LogP contribution in [0.15, 0.2) is 36.9 Å². The van der Waals surface area contributed by atoms with Gasteiger partial charge in [0.2, 0.25) is 0 Å². The van der Waals surface area contributed by atoms with E-state index in [0.29, 0.717) is 18.1 Å². The Kier molecular flexibility index (Phi) is 4.02. The third-order valence-corrected chi connectivity index (χ3v) is 6.55. The standard InChI is InChI=1S/C21H23N9/c1-30(15-6-13-2-3-14(7-15)26-13)19-5-4-18(27-28-19)21-20-17(11-25-29-20)16(10-22-21)12-8-23-24-9-12/h4-5,8-11,13-15,26H,2-3,6-7H2,1H3,(H,23,24)(H,25,29)/t13-,14+,15-. The van der Waals surface area contributed by atoms with Gasteiger partial charge in [-0.05, 0) is 37.8 Å². The molecule has 3 atom stereocenters. The van der Waals surface area contributed by atoms with Crippen molar-refractivity contribution in [3.8, 4) is 22.5 Å². The van der Waals surface area contributed by atoms with Crippen LogP contribution in [0, 0.1) is 0 Å². The van der Waals surface area contributed by atoms with Gasteiger partial charge in [0.15, 0.2) is 5.82 Å². The second-order valence-electron chi connectivity index (χ2n) is 8.32. The van der Waals surface area contributed by atoms with Gasteiger partial charge in [0.1, 0.15) is 11.4 Å². The first-order valence-corrected chi connectivity index (χ1v) is 10.4. The molecule has 2 bridgehead atoms. The number of H-pyrrole nitrogens is 2. The fourth-order valence-electron chi connectivity index (χ4n) is 4.93. The van der Waals surface area contributed by atoms with Gasteiger partial charge in [-0.2, -0.15) is 10.2 Å². The number of nitrogens with zero attached hydrogens (tertiary/aromatic N) is 6. The minimum atomic E-state index is 0.510. The SMILES string of the molecule is CN(c1ccc(-c2ncc(-c3cn[nH]c3)c3cn[nH]c23)nn1)[C@@H]1C[C@H]2CC[C@@H](C1)N2. The Morgan fingerprint density at radius 2 is 1.87 bits per heavy atom. The van der Waals surface area contributed by atoms with Crippen LogP contribution >= 0.6 is 0 Å². The smallest absolute Gasteiger partial charge is 0.151 e. The van der Waals surface area contributed by atoms with E-state index in [2.05, 4.69) is 52.8 Å². The normalized spacial score (nSPS) is 23.2. The van der Waals surface area contributed by atoms with Crippen LogP contribution in [0.4, 0.5) is 5.82 Å². The summed E-state index contributed by atoms with van der Waals surface area (Å²) in [5.74, 6) is 0.904. The summed E-state index contributed by atoms with van der Waals surface area (Å²) in [6.45, 7) is 0. The number of hydrogen-bond acceptors (Lipinski definition) is 7. The van der Waals surface area contributed by atoms with Crippen LogP contribution in [0.3, 0.4) is 0 Å². The van der Waals surface area contributed by atoms with Crippen molar-refractivity contribution in [2.75, 3.05) is 11.9 Å². The molecule has 9 heteroatoms. The highest BCUT2D eigenvalue weighted by molar-refractivity contribution is 5.99. The van der Waals surface area contributed by atoms with Crippen molar-refractivity contribution in [3.05, 3.63) is 36.9 Å². The second-order valence-corrected chi connectivity index (χ2v) is 8.32. The van der Waals surface area contributed by atoms with Gasteiger partial charge >= 0.3 is 0 Å². The van der Waals surface area contributed by atoms with Gasteiger partial charge in [-0.25, -0.2) is 0 Å². The van der Waals surface area contributed by atoms with Crippen LogP contribution in [0.1, 0.15) is 25.7 Å². The summed E-state index contributed by atoms with van der Waals surface area (Å²) in [4.78, 5) is 6.94. The second kappa shape index (κ2) is 6.88. The average Bonchev–Trinajstić information content (AvgIpc) is 3.54. The van der Waals surface area contributed by atoms with E-state index in [1.54, 1.807) is 6.20 Å². The highest BCUT2D eigenvalue weighted by Gasteiger charge is 2.35. The molecule has 0 aliphatic carbocycles. The first-order valence-electron chi connectivity index (χ1n) is 10.4. The summed E-state index contributed by atoms with van der Waals surface area (Å²) in [7, 11) is 2.13. The predicted molar refractivity (Wildman–Crippen MR) is 114 cm³/mol. The Hall–Kier alpha value is -3.33. The Labute approximate surface area is 173 Å². The van der Waals surface area contributed by atoms with Crippen LogP contribution in [0.5, 0.6) is 0 Å². The van der Waals surface area contributed by atoms with E-state index >= 15 is 0 Å². The van der Waals surface area contributed by atoms with Crippen molar-refractivity contribution < 1.29 is 0 Å². The number of aromatic amines is 2. The number of nitrogens with one attached hydrogen (secondary N) is 3. The maximum Gasteiger partial charge on any atom is 0.151 e. The molecule has 2 fully saturated rings. The number of aromatic nitrogens is 7. The summed E-state index contributed by atoms with van der Waals surface area (Å²) in [6.07, 6.45) is 12.2. The van der Waals surface area contributed by atoms with Gasteiger partial charge in [-0.15, -0.1) is 10.2 Å². The third kappa shape index (κ3) is 2.85. The zero-order valence-electron chi connectivity index (χ0n) is 16.7. The van der Waals surface area contributed by atoms with Gasteiger partial charge in [-0.3, -0.25) is 15.2 Å². The van der Waals surface area contributed by atoms with Gasteiger partial charge in [0.05, 0.1) is 17.9 Å². The molecular weight excluding hydrogens is 378 g/mol. The molecule has 2 aliphatic rings. The van der Waals surface area contributed by atoms with Gasteiger partial charge in [0.25, 0.3) is 0 Å². The Morgan fingerprint density at radius 3 is 2.60 bits per heavy atom. The third-order valence-electron chi connectivity index (χ3n) is 6.55. The fraction of sp³-hybridized carbons (Fsp3) is 0.381. The molecule has 0 saturated carbocycles. The van der Waals surface area contributed by atoms with Gasteiger partial charge in [-0.1, -0.05) is 0 Å². The summed E-state index contributed by atoms with van der Waals surface area (Å²) >= 11 is 0. The lowest BCUT2D eigenvalue weighted by molar-refractivity contribution is 0.353. The van der Waals surface area contributed by atoms with E-state index in [9.17, 15) is 0 Å². The molecule has 2 aliphatic heterocycles. The van der Waals surface area contributed by atoms with E-state index < -0.39 is 0 Å². The van der Waals surface area contributed by atoms with E-state index in [1.165, 1.54) is 25.7 Å². The molecule has 0 unspecified atom stereocenters. The lowest BCUT2D eigenvalue weighted by atomic mass is 9.98. The Morgan fingerprint density at radius 1 is 1.00 bits per heavy atom. The highest BCUT2D eigenvalue weighted by atomic mass is 15.3. The minimum Gasteiger partial charge on any atom is -0.355 e. The molecule has 152 valence electrons. The van der Waals surface area contributed by atoms with E-state index in [0.717, 1.165) is 39.2 Å². The van der Waals surface area contributed by atoms with Crippen LogP contribution in [-0.2, 0) is 0 Å². The molecule has 4 aromatic heterocycles. The highest BCUT2D eigenvalue weighted by Crippen LogP contribution is 2.33. The largest absolute Gasteiger partial charge is 0.355 e. The van der Waals surface area contributed by atoms with Crippen LogP contribution in [0.25, 0.3) is 33.4 Å².